The van der Waals surface area contributed by atoms with Crippen molar-refractivity contribution in [1.82, 2.24) is 0 Å². The lowest BCUT2D eigenvalue weighted by Gasteiger charge is -2.42. The van der Waals surface area contributed by atoms with Crippen molar-refractivity contribution in [2.45, 2.75) is 25.7 Å². The molecule has 3 aliphatic carbocycles. The summed E-state index contributed by atoms with van der Waals surface area (Å²) in [6, 6.07) is 14.3. The number of fused-ring (bicyclic) bond motifs is 4. The number of ketones is 2. The van der Waals surface area contributed by atoms with Crippen LogP contribution < -0.4 is 4.90 Å². The fraction of sp³-hybridized carbons (Fsp3) is 0.206. The van der Waals surface area contributed by atoms with Crippen molar-refractivity contribution in [2.75, 3.05) is 4.90 Å². The van der Waals surface area contributed by atoms with E-state index >= 15 is 0 Å². The molecule has 4 aliphatic rings. The number of rotatable bonds is 3. The number of allylic oxidation sites excluding steroid dienone is 6. The van der Waals surface area contributed by atoms with Crippen LogP contribution in [0.5, 0.6) is 11.5 Å². The van der Waals surface area contributed by atoms with Crippen LogP contribution in [0.25, 0.3) is 10.8 Å². The van der Waals surface area contributed by atoms with Gasteiger partial charge >= 0.3 is 5.97 Å². The van der Waals surface area contributed by atoms with Crippen LogP contribution in [0.2, 0.25) is 0 Å². The molecular formula is C34H25NO8. The number of phenolic OH excluding ortho intramolecular Hbond substituents is 1. The Kier molecular flexibility index (Phi) is 5.78. The maximum atomic E-state index is 14.1. The molecule has 7 rings (SSSR count). The zero-order chi connectivity index (χ0) is 30.3. The summed E-state index contributed by atoms with van der Waals surface area (Å²) in [6.45, 7) is 1.57. The van der Waals surface area contributed by atoms with Gasteiger partial charge in [-0.25, -0.2) is 9.69 Å². The molecule has 0 unspecified atom stereocenters. The van der Waals surface area contributed by atoms with E-state index in [1.165, 1.54) is 12.1 Å². The van der Waals surface area contributed by atoms with Gasteiger partial charge in [0.05, 0.1) is 17.5 Å². The number of aromatic carboxylic acids is 1. The second kappa shape index (κ2) is 9.35. The molecule has 9 nitrogen and oxygen atoms in total. The highest BCUT2D eigenvalue weighted by Crippen LogP contribution is 2.57. The second-order valence-corrected chi connectivity index (χ2v) is 11.5. The van der Waals surface area contributed by atoms with Gasteiger partial charge < -0.3 is 15.3 Å². The summed E-state index contributed by atoms with van der Waals surface area (Å²) in [7, 11) is 0. The van der Waals surface area contributed by atoms with Gasteiger partial charge in [-0.05, 0) is 60.7 Å². The minimum absolute atomic E-state index is 0.0461. The molecule has 0 spiro atoms. The highest BCUT2D eigenvalue weighted by molar-refractivity contribution is 6.25. The number of Topliss-reactive ketones (excluding diaryl/α,β-unsaturated/α-hetero) is 1. The summed E-state index contributed by atoms with van der Waals surface area (Å²) < 4.78 is 0. The van der Waals surface area contributed by atoms with Crippen molar-refractivity contribution < 1.29 is 39.3 Å². The largest absolute Gasteiger partial charge is 0.508 e. The van der Waals surface area contributed by atoms with Gasteiger partial charge in [0.25, 0.3) is 0 Å². The highest BCUT2D eigenvalue weighted by atomic mass is 16.4. The molecule has 2 amide bonds. The predicted octanol–water partition coefficient (Wildman–Crippen LogP) is 4.58. The Morgan fingerprint density at radius 2 is 1.67 bits per heavy atom. The number of carbonyl (C=O) groups is 5. The number of amides is 2. The lowest BCUT2D eigenvalue weighted by Crippen LogP contribution is -2.39. The molecule has 214 valence electrons. The number of carboxylic acids is 1. The normalized spacial score (nSPS) is 24.9. The van der Waals surface area contributed by atoms with E-state index in [4.69, 9.17) is 0 Å². The van der Waals surface area contributed by atoms with Crippen LogP contribution in [-0.4, -0.2) is 44.7 Å². The van der Waals surface area contributed by atoms with Gasteiger partial charge in [-0.15, -0.1) is 0 Å². The Morgan fingerprint density at radius 1 is 0.907 bits per heavy atom. The van der Waals surface area contributed by atoms with Gasteiger partial charge in [0.2, 0.25) is 11.8 Å². The number of anilines is 1. The summed E-state index contributed by atoms with van der Waals surface area (Å²) in [6.07, 6.45) is 3.46. The Morgan fingerprint density at radius 3 is 2.42 bits per heavy atom. The lowest BCUT2D eigenvalue weighted by molar-refractivity contribution is -0.123. The Labute approximate surface area is 245 Å². The van der Waals surface area contributed by atoms with Gasteiger partial charge in [0.15, 0.2) is 11.6 Å². The third-order valence-corrected chi connectivity index (χ3v) is 9.27. The van der Waals surface area contributed by atoms with E-state index in [9.17, 15) is 39.3 Å². The molecule has 1 fully saturated rings. The molecule has 3 aromatic carbocycles. The van der Waals surface area contributed by atoms with E-state index < -0.39 is 47.2 Å². The van der Waals surface area contributed by atoms with Crippen molar-refractivity contribution >= 4 is 45.8 Å². The standard InChI is InChI=1S/C34H25NO8/c1-15-12-26(38)29-23(31(15)39)14-22-19(30(29)28-18-5-3-2-4-16(18)6-11-24(28)36)9-10-21-27(22)33(41)35(32(21)40)17-7-8-20(34(42)43)25(37)13-17/h2-9,11-13,21-22,27,30,36-37H,10,14H2,1H3,(H,42,43)/t21-,22+,27-,30+/m0/s1. The van der Waals surface area contributed by atoms with E-state index in [1.54, 1.807) is 19.1 Å². The van der Waals surface area contributed by atoms with E-state index in [-0.39, 0.29) is 58.1 Å². The average Bonchev–Trinajstić information content (AvgIpc) is 3.24. The summed E-state index contributed by atoms with van der Waals surface area (Å²) in [5.74, 6) is -6.65. The number of aromatic hydroxyl groups is 2. The van der Waals surface area contributed by atoms with Gasteiger partial charge in [0, 0.05) is 34.3 Å². The third-order valence-electron chi connectivity index (χ3n) is 9.27. The smallest absolute Gasteiger partial charge is 0.339 e. The van der Waals surface area contributed by atoms with Gasteiger partial charge in [-0.1, -0.05) is 42.0 Å². The number of hydrogen-bond acceptors (Lipinski definition) is 7. The lowest BCUT2D eigenvalue weighted by atomic mass is 9.59. The van der Waals surface area contributed by atoms with Crippen molar-refractivity contribution in [2.24, 2.45) is 17.8 Å². The molecule has 3 N–H and O–H groups in total. The van der Waals surface area contributed by atoms with Crippen LogP contribution in [0.15, 0.2) is 89.0 Å². The fourth-order valence-electron chi connectivity index (χ4n) is 7.40. The minimum atomic E-state index is -1.35. The van der Waals surface area contributed by atoms with Crippen LogP contribution in [0.1, 0.15) is 41.6 Å². The number of carboxylic acid groups (broad SMARTS) is 1. The fourth-order valence-corrected chi connectivity index (χ4v) is 7.40. The minimum Gasteiger partial charge on any atom is -0.508 e. The second-order valence-electron chi connectivity index (χ2n) is 11.5. The van der Waals surface area contributed by atoms with Crippen LogP contribution >= 0.6 is 0 Å². The molecule has 1 saturated heterocycles. The average molecular weight is 576 g/mol. The molecule has 9 heteroatoms. The Balaban J connectivity index is 1.39. The molecule has 0 radical (unpaired) electrons. The van der Waals surface area contributed by atoms with E-state index in [0.29, 0.717) is 16.5 Å². The van der Waals surface area contributed by atoms with Crippen LogP contribution in [-0.2, 0) is 19.2 Å². The van der Waals surface area contributed by atoms with Crippen molar-refractivity contribution in [3.8, 4) is 11.5 Å². The van der Waals surface area contributed by atoms with Gasteiger partial charge in [0.1, 0.15) is 17.1 Å². The summed E-state index contributed by atoms with van der Waals surface area (Å²) >= 11 is 0. The highest BCUT2D eigenvalue weighted by Gasteiger charge is 2.57. The monoisotopic (exact) mass is 575 g/mol. The maximum Gasteiger partial charge on any atom is 0.339 e. The quantitative estimate of drug-likeness (QED) is 0.233. The van der Waals surface area contributed by atoms with Crippen molar-refractivity contribution in [3.05, 3.63) is 100 Å². The van der Waals surface area contributed by atoms with Gasteiger partial charge in [-0.2, -0.15) is 0 Å². The van der Waals surface area contributed by atoms with Gasteiger partial charge in [-0.3, -0.25) is 19.2 Å². The molecule has 0 aromatic heterocycles. The number of nitrogens with zero attached hydrogens (tertiary/aromatic N) is 1. The molecule has 0 bridgehead atoms. The molecular weight excluding hydrogens is 550 g/mol. The topological polar surface area (TPSA) is 149 Å². The molecule has 1 heterocycles. The Hall–Kier alpha value is -5.31. The van der Waals surface area contributed by atoms with Crippen LogP contribution in [0, 0.1) is 17.8 Å². The first-order valence-corrected chi connectivity index (χ1v) is 13.9. The zero-order valence-electron chi connectivity index (χ0n) is 22.9. The first kappa shape index (κ1) is 26.6. The van der Waals surface area contributed by atoms with E-state index in [0.717, 1.165) is 22.4 Å². The molecule has 3 aromatic rings. The van der Waals surface area contributed by atoms with Crippen LogP contribution in [0.4, 0.5) is 5.69 Å². The number of phenols is 2. The van der Waals surface area contributed by atoms with Crippen molar-refractivity contribution in [3.63, 3.8) is 0 Å². The first-order chi connectivity index (χ1) is 20.6. The molecule has 1 aliphatic heterocycles. The zero-order valence-corrected chi connectivity index (χ0v) is 22.9. The van der Waals surface area contributed by atoms with E-state index in [1.807, 2.05) is 30.3 Å². The maximum absolute atomic E-state index is 14.1. The number of hydrogen-bond donors (Lipinski definition) is 3. The third kappa shape index (κ3) is 3.74. The number of benzene rings is 3. The first-order valence-electron chi connectivity index (χ1n) is 13.9. The van der Waals surface area contributed by atoms with E-state index in [2.05, 4.69) is 0 Å². The SMILES string of the molecule is CC1=CC(=O)C2=C(C[C@@H]3C(=CC[C@@H]4C(=O)N(c5ccc(C(=O)O)c(O)c5)C(=O)[C@@H]43)[C@@H]2c2c(O)ccc3ccccc23)C1=O. The van der Waals surface area contributed by atoms with Crippen LogP contribution in [0.3, 0.4) is 0 Å². The molecule has 0 saturated carbocycles. The summed E-state index contributed by atoms with van der Waals surface area (Å²) in [4.78, 5) is 67.3. The predicted molar refractivity (Wildman–Crippen MR) is 154 cm³/mol. The molecule has 4 atom stereocenters. The van der Waals surface area contributed by atoms with Crippen molar-refractivity contribution in [1.29, 1.82) is 0 Å². The summed E-state index contributed by atoms with van der Waals surface area (Å²) in [5.41, 5.74) is 1.71. The Bertz CT molecular complexity index is 1950. The number of imide groups is 1. The number of carbonyl (C=O) groups excluding carboxylic acids is 4. The molecule has 43 heavy (non-hydrogen) atoms. The summed E-state index contributed by atoms with van der Waals surface area (Å²) in [5, 5.41) is 32.4.